The van der Waals surface area contributed by atoms with Crippen LogP contribution in [0.5, 0.6) is 0 Å². The summed E-state index contributed by atoms with van der Waals surface area (Å²) < 4.78 is 1.21. The maximum Gasteiger partial charge on any atom is 0.223 e. The van der Waals surface area contributed by atoms with Gasteiger partial charge in [-0.05, 0) is 58.5 Å². The quantitative estimate of drug-likeness (QED) is 0.692. The predicted molar refractivity (Wildman–Crippen MR) is 91.7 cm³/mol. The van der Waals surface area contributed by atoms with Crippen LogP contribution in [-0.4, -0.2) is 15.0 Å². The highest BCUT2D eigenvalue weighted by molar-refractivity contribution is 14.1. The Labute approximate surface area is 136 Å². The van der Waals surface area contributed by atoms with E-state index in [-0.39, 0.29) is 0 Å². The summed E-state index contributed by atoms with van der Waals surface area (Å²) in [6.45, 7) is 0.679. The topological polar surface area (TPSA) is 50.7 Å². The molecule has 3 rings (SSSR count). The van der Waals surface area contributed by atoms with Crippen molar-refractivity contribution in [1.29, 1.82) is 0 Å². The van der Waals surface area contributed by atoms with Gasteiger partial charge in [-0.2, -0.15) is 0 Å². The van der Waals surface area contributed by atoms with Crippen LogP contribution < -0.4 is 5.32 Å². The Morgan fingerprint density at radius 2 is 1.67 bits per heavy atom. The third-order valence-corrected chi connectivity index (χ3v) is 3.71. The monoisotopic (exact) mass is 388 g/mol. The van der Waals surface area contributed by atoms with Crippen molar-refractivity contribution in [1.82, 2.24) is 15.0 Å². The summed E-state index contributed by atoms with van der Waals surface area (Å²) in [7, 11) is 0. The normalized spacial score (nSPS) is 10.3. The van der Waals surface area contributed by atoms with Gasteiger partial charge in [0.1, 0.15) is 0 Å². The highest BCUT2D eigenvalue weighted by Gasteiger charge is 2.02. The predicted octanol–water partition coefficient (Wildman–Crippen LogP) is 3.76. The van der Waals surface area contributed by atoms with Crippen LogP contribution in [0.1, 0.15) is 5.56 Å². The van der Waals surface area contributed by atoms with Crippen molar-refractivity contribution in [2.45, 2.75) is 6.54 Å². The number of aromatic nitrogens is 3. The van der Waals surface area contributed by atoms with Crippen molar-refractivity contribution < 1.29 is 0 Å². The molecule has 3 aromatic rings. The molecular weight excluding hydrogens is 375 g/mol. The molecule has 0 spiro atoms. The van der Waals surface area contributed by atoms with Crippen LogP contribution >= 0.6 is 22.6 Å². The van der Waals surface area contributed by atoms with E-state index >= 15 is 0 Å². The number of hydrogen-bond acceptors (Lipinski definition) is 4. The first-order valence-electron chi connectivity index (χ1n) is 6.53. The van der Waals surface area contributed by atoms with Gasteiger partial charge in [0.25, 0.3) is 0 Å². The molecule has 104 valence electrons. The maximum atomic E-state index is 4.55. The summed E-state index contributed by atoms with van der Waals surface area (Å²) in [6, 6.07) is 14.1. The van der Waals surface area contributed by atoms with Gasteiger partial charge in [0.05, 0.1) is 5.69 Å². The van der Waals surface area contributed by atoms with E-state index in [2.05, 4.69) is 67.1 Å². The highest BCUT2D eigenvalue weighted by atomic mass is 127. The van der Waals surface area contributed by atoms with Gasteiger partial charge in [-0.3, -0.25) is 4.98 Å². The zero-order chi connectivity index (χ0) is 14.5. The van der Waals surface area contributed by atoms with E-state index in [1.165, 1.54) is 3.57 Å². The van der Waals surface area contributed by atoms with E-state index in [0.717, 1.165) is 16.8 Å². The van der Waals surface area contributed by atoms with E-state index in [9.17, 15) is 0 Å². The van der Waals surface area contributed by atoms with Crippen molar-refractivity contribution in [3.05, 3.63) is 70.2 Å². The second-order valence-electron chi connectivity index (χ2n) is 4.48. The Kier molecular flexibility index (Phi) is 4.40. The van der Waals surface area contributed by atoms with Gasteiger partial charge in [0, 0.05) is 34.3 Å². The van der Waals surface area contributed by atoms with Crippen LogP contribution in [0.2, 0.25) is 0 Å². The van der Waals surface area contributed by atoms with Gasteiger partial charge in [0.2, 0.25) is 5.95 Å². The molecule has 0 radical (unpaired) electrons. The molecule has 0 atom stereocenters. The van der Waals surface area contributed by atoms with Crippen LogP contribution in [0, 0.1) is 3.57 Å². The van der Waals surface area contributed by atoms with Gasteiger partial charge < -0.3 is 5.32 Å². The van der Waals surface area contributed by atoms with Gasteiger partial charge in [-0.25, -0.2) is 9.97 Å². The van der Waals surface area contributed by atoms with E-state index < -0.39 is 0 Å². The Hall–Kier alpha value is -2.02. The second-order valence-corrected chi connectivity index (χ2v) is 5.73. The van der Waals surface area contributed by atoms with Crippen molar-refractivity contribution in [2.75, 3.05) is 5.32 Å². The smallest absolute Gasteiger partial charge is 0.223 e. The number of benzene rings is 1. The summed E-state index contributed by atoms with van der Waals surface area (Å²) in [5, 5.41) is 3.23. The molecule has 1 aromatic carbocycles. The lowest BCUT2D eigenvalue weighted by atomic mass is 10.1. The van der Waals surface area contributed by atoms with Gasteiger partial charge in [0.15, 0.2) is 0 Å². The molecule has 4 nitrogen and oxygen atoms in total. The van der Waals surface area contributed by atoms with Crippen LogP contribution in [0.25, 0.3) is 11.3 Å². The standard InChI is InChI=1S/C16H13IN4/c17-14-3-1-13(2-4-14)15-7-10-19-16(21-15)20-11-12-5-8-18-9-6-12/h1-10H,11H2,(H,19,20,21). The fourth-order valence-corrected chi connectivity index (χ4v) is 2.27. The van der Waals surface area contributed by atoms with Crippen LogP contribution in [0.4, 0.5) is 5.95 Å². The van der Waals surface area contributed by atoms with Crippen LogP contribution in [0.15, 0.2) is 61.1 Å². The summed E-state index contributed by atoms with van der Waals surface area (Å²) in [5.74, 6) is 0.628. The molecule has 0 saturated carbocycles. The first kappa shape index (κ1) is 13.9. The SMILES string of the molecule is Ic1ccc(-c2ccnc(NCc3ccncc3)n2)cc1. The molecule has 0 fully saturated rings. The minimum absolute atomic E-state index is 0.628. The summed E-state index contributed by atoms with van der Waals surface area (Å²) in [5.41, 5.74) is 3.15. The number of halogens is 1. The molecule has 0 saturated heterocycles. The van der Waals surface area contributed by atoms with Gasteiger partial charge in [-0.15, -0.1) is 0 Å². The molecule has 5 heteroatoms. The minimum atomic E-state index is 0.628. The first-order valence-corrected chi connectivity index (χ1v) is 7.61. The third kappa shape index (κ3) is 3.75. The molecule has 2 heterocycles. The van der Waals surface area contributed by atoms with Crippen LogP contribution in [0.3, 0.4) is 0 Å². The summed E-state index contributed by atoms with van der Waals surface area (Å²) in [6.07, 6.45) is 5.33. The fraction of sp³-hybridized carbons (Fsp3) is 0.0625. The zero-order valence-electron chi connectivity index (χ0n) is 11.2. The Morgan fingerprint density at radius 1 is 0.905 bits per heavy atom. The van der Waals surface area contributed by atoms with Crippen molar-refractivity contribution in [2.24, 2.45) is 0 Å². The van der Waals surface area contributed by atoms with Crippen LogP contribution in [-0.2, 0) is 6.54 Å². The average molecular weight is 388 g/mol. The number of nitrogens with zero attached hydrogens (tertiary/aromatic N) is 3. The van der Waals surface area contributed by atoms with Gasteiger partial charge >= 0.3 is 0 Å². The van der Waals surface area contributed by atoms with E-state index in [4.69, 9.17) is 0 Å². The Morgan fingerprint density at radius 3 is 2.43 bits per heavy atom. The molecule has 0 aliphatic heterocycles. The Balaban J connectivity index is 1.75. The number of anilines is 1. The minimum Gasteiger partial charge on any atom is -0.350 e. The fourth-order valence-electron chi connectivity index (χ4n) is 1.91. The zero-order valence-corrected chi connectivity index (χ0v) is 13.4. The molecular formula is C16H13IN4. The highest BCUT2D eigenvalue weighted by Crippen LogP contribution is 2.19. The molecule has 21 heavy (non-hydrogen) atoms. The Bertz CT molecular complexity index is 714. The molecule has 0 amide bonds. The van der Waals surface area contributed by atoms with E-state index in [0.29, 0.717) is 12.5 Å². The molecule has 0 bridgehead atoms. The third-order valence-electron chi connectivity index (χ3n) is 3.00. The lowest BCUT2D eigenvalue weighted by Gasteiger charge is -2.06. The largest absolute Gasteiger partial charge is 0.350 e. The van der Waals surface area contributed by atoms with E-state index in [1.807, 2.05) is 18.2 Å². The molecule has 0 unspecified atom stereocenters. The summed E-state index contributed by atoms with van der Waals surface area (Å²) in [4.78, 5) is 12.8. The van der Waals surface area contributed by atoms with Crippen molar-refractivity contribution >= 4 is 28.5 Å². The molecule has 0 aliphatic rings. The molecule has 0 aliphatic carbocycles. The van der Waals surface area contributed by atoms with Crippen molar-refractivity contribution in [3.63, 3.8) is 0 Å². The maximum absolute atomic E-state index is 4.55. The number of pyridine rings is 1. The molecule has 2 aromatic heterocycles. The summed E-state index contributed by atoms with van der Waals surface area (Å²) >= 11 is 2.29. The number of hydrogen-bond donors (Lipinski definition) is 1. The van der Waals surface area contributed by atoms with E-state index in [1.54, 1.807) is 18.6 Å². The number of rotatable bonds is 4. The van der Waals surface area contributed by atoms with Gasteiger partial charge in [-0.1, -0.05) is 12.1 Å². The molecule has 1 N–H and O–H groups in total. The van der Waals surface area contributed by atoms with Crippen molar-refractivity contribution in [3.8, 4) is 11.3 Å². The first-order chi connectivity index (χ1) is 10.3. The number of nitrogens with one attached hydrogen (secondary N) is 1. The lowest BCUT2D eigenvalue weighted by molar-refractivity contribution is 1.05. The average Bonchev–Trinajstić information content (AvgIpc) is 2.55. The second kappa shape index (κ2) is 6.62. The lowest BCUT2D eigenvalue weighted by Crippen LogP contribution is -2.03.